The minimum Gasteiger partial charge on any atom is -0.506 e. The summed E-state index contributed by atoms with van der Waals surface area (Å²) in [5.41, 5.74) is 5.31. The van der Waals surface area contributed by atoms with Gasteiger partial charge in [-0.05, 0) is 43.2 Å². The molecule has 0 bridgehead atoms. The van der Waals surface area contributed by atoms with Gasteiger partial charge in [0.15, 0.2) is 0 Å². The van der Waals surface area contributed by atoms with Crippen LogP contribution in [0.25, 0.3) is 22.1 Å². The number of para-hydroxylation sites is 1. The molecule has 1 heterocycles. The second-order valence-electron chi connectivity index (χ2n) is 4.24. The van der Waals surface area contributed by atoms with E-state index in [4.69, 9.17) is 0 Å². The van der Waals surface area contributed by atoms with Gasteiger partial charge in [0.25, 0.3) is 0 Å². The zero-order chi connectivity index (χ0) is 12.0. The molecule has 0 saturated carbocycles. The maximum atomic E-state index is 9.79. The van der Waals surface area contributed by atoms with Crippen molar-refractivity contribution in [3.8, 4) is 5.75 Å². The van der Waals surface area contributed by atoms with Gasteiger partial charge < -0.3 is 5.11 Å². The van der Waals surface area contributed by atoms with E-state index in [0.717, 1.165) is 22.1 Å². The van der Waals surface area contributed by atoms with Crippen LogP contribution in [0.2, 0.25) is 0 Å². The molecule has 1 aromatic heterocycles. The summed E-state index contributed by atoms with van der Waals surface area (Å²) in [6, 6.07) is 9.28. The van der Waals surface area contributed by atoms with Crippen molar-refractivity contribution in [3.63, 3.8) is 0 Å². The minimum atomic E-state index is 0.179. The van der Waals surface area contributed by atoms with E-state index >= 15 is 0 Å². The zero-order valence-corrected chi connectivity index (χ0v) is 9.73. The lowest BCUT2D eigenvalue weighted by Crippen LogP contribution is -1.92. The molecular weight excluding hydrogens is 212 g/mol. The molecule has 1 N–H and O–H groups in total. The fourth-order valence-corrected chi connectivity index (χ4v) is 1.98. The van der Waals surface area contributed by atoms with Crippen LogP contribution in [-0.4, -0.2) is 15.1 Å². The lowest BCUT2D eigenvalue weighted by molar-refractivity contribution is 0.480. The van der Waals surface area contributed by atoms with Crippen molar-refractivity contribution in [2.24, 2.45) is 0 Å². The molecular formula is C14H12N2O. The lowest BCUT2D eigenvalue weighted by Gasteiger charge is -2.06. The lowest BCUT2D eigenvalue weighted by atomic mass is 10.1. The summed E-state index contributed by atoms with van der Waals surface area (Å²) >= 11 is 0. The van der Waals surface area contributed by atoms with Crippen LogP contribution in [-0.2, 0) is 0 Å². The molecule has 0 fully saturated rings. The van der Waals surface area contributed by atoms with Gasteiger partial charge in [0, 0.05) is 0 Å². The Bertz CT molecular complexity index is 735. The largest absolute Gasteiger partial charge is 0.506 e. The fourth-order valence-electron chi connectivity index (χ4n) is 1.98. The van der Waals surface area contributed by atoms with E-state index < -0.39 is 0 Å². The van der Waals surface area contributed by atoms with Gasteiger partial charge in [0.2, 0.25) is 0 Å². The first kappa shape index (κ1) is 10.0. The average Bonchev–Trinajstić information content (AvgIpc) is 2.33. The fraction of sp³-hybridized carbons (Fsp3) is 0.143. The van der Waals surface area contributed by atoms with Crippen molar-refractivity contribution in [1.29, 1.82) is 0 Å². The highest BCUT2D eigenvalue weighted by Crippen LogP contribution is 2.25. The standard InChI is InChI=1S/C14H12N2O/c1-8-6-7-11-13(9(8)2)16-14-10(15-11)4-3-5-12(14)17/h3-7,17H,1-2H3. The Morgan fingerprint density at radius 1 is 0.882 bits per heavy atom. The Labute approximate surface area is 98.8 Å². The molecule has 0 amide bonds. The SMILES string of the molecule is Cc1ccc2nc3cccc(O)c3nc2c1C. The Hall–Kier alpha value is -2.16. The van der Waals surface area contributed by atoms with Crippen LogP contribution in [0.5, 0.6) is 5.75 Å². The minimum absolute atomic E-state index is 0.179. The third kappa shape index (κ3) is 1.43. The molecule has 3 aromatic rings. The normalized spacial score (nSPS) is 11.2. The van der Waals surface area contributed by atoms with Crippen molar-refractivity contribution in [2.75, 3.05) is 0 Å². The molecule has 0 aliphatic carbocycles. The number of aryl methyl sites for hydroxylation is 2. The number of rotatable bonds is 0. The van der Waals surface area contributed by atoms with E-state index in [9.17, 15) is 5.11 Å². The van der Waals surface area contributed by atoms with Crippen molar-refractivity contribution >= 4 is 22.1 Å². The van der Waals surface area contributed by atoms with E-state index in [0.29, 0.717) is 5.52 Å². The predicted octanol–water partition coefficient (Wildman–Crippen LogP) is 3.11. The Kier molecular flexibility index (Phi) is 2.01. The molecule has 0 radical (unpaired) electrons. The second-order valence-corrected chi connectivity index (χ2v) is 4.24. The Morgan fingerprint density at radius 3 is 2.47 bits per heavy atom. The maximum Gasteiger partial charge on any atom is 0.143 e. The summed E-state index contributed by atoms with van der Waals surface area (Å²) in [6.07, 6.45) is 0. The van der Waals surface area contributed by atoms with Crippen LogP contribution in [0.4, 0.5) is 0 Å². The number of aromatic nitrogens is 2. The van der Waals surface area contributed by atoms with Gasteiger partial charge in [0.1, 0.15) is 11.3 Å². The number of phenolic OH excluding ortho intramolecular Hbond substituents is 1. The summed E-state index contributed by atoms with van der Waals surface area (Å²) in [4.78, 5) is 9.04. The molecule has 0 unspecified atom stereocenters. The van der Waals surface area contributed by atoms with Gasteiger partial charge in [-0.1, -0.05) is 12.1 Å². The van der Waals surface area contributed by atoms with Crippen LogP contribution in [0.3, 0.4) is 0 Å². The molecule has 3 nitrogen and oxygen atoms in total. The molecule has 84 valence electrons. The molecule has 2 aromatic carbocycles. The van der Waals surface area contributed by atoms with Crippen molar-refractivity contribution in [1.82, 2.24) is 9.97 Å². The highest BCUT2D eigenvalue weighted by molar-refractivity contribution is 5.91. The molecule has 0 spiro atoms. The average molecular weight is 224 g/mol. The monoisotopic (exact) mass is 224 g/mol. The van der Waals surface area contributed by atoms with Gasteiger partial charge in [-0.25, -0.2) is 9.97 Å². The molecule has 0 aliphatic rings. The molecule has 0 saturated heterocycles. The number of nitrogens with zero attached hydrogens (tertiary/aromatic N) is 2. The van der Waals surface area contributed by atoms with Gasteiger partial charge in [-0.3, -0.25) is 0 Å². The Balaban J connectivity index is 2.53. The molecule has 17 heavy (non-hydrogen) atoms. The van der Waals surface area contributed by atoms with Crippen molar-refractivity contribution in [3.05, 3.63) is 41.5 Å². The van der Waals surface area contributed by atoms with E-state index in [1.165, 1.54) is 5.56 Å². The third-order valence-corrected chi connectivity index (χ3v) is 3.14. The number of aromatic hydroxyl groups is 1. The van der Waals surface area contributed by atoms with Gasteiger partial charge in [-0.2, -0.15) is 0 Å². The Morgan fingerprint density at radius 2 is 1.65 bits per heavy atom. The number of benzene rings is 2. The van der Waals surface area contributed by atoms with E-state index in [1.54, 1.807) is 12.1 Å². The highest BCUT2D eigenvalue weighted by atomic mass is 16.3. The van der Waals surface area contributed by atoms with E-state index in [-0.39, 0.29) is 5.75 Å². The zero-order valence-electron chi connectivity index (χ0n) is 9.73. The third-order valence-electron chi connectivity index (χ3n) is 3.14. The molecule has 3 rings (SSSR count). The summed E-state index contributed by atoms with van der Waals surface area (Å²) in [5, 5.41) is 9.79. The van der Waals surface area contributed by atoms with Crippen molar-refractivity contribution in [2.45, 2.75) is 13.8 Å². The van der Waals surface area contributed by atoms with Crippen LogP contribution in [0.15, 0.2) is 30.3 Å². The number of fused-ring (bicyclic) bond motifs is 2. The summed E-state index contributed by atoms with van der Waals surface area (Å²) in [7, 11) is 0. The smallest absolute Gasteiger partial charge is 0.143 e. The van der Waals surface area contributed by atoms with Gasteiger partial charge in [0.05, 0.1) is 16.6 Å². The molecule has 0 atom stereocenters. The first-order valence-electron chi connectivity index (χ1n) is 5.52. The molecule has 3 heteroatoms. The predicted molar refractivity (Wildman–Crippen MR) is 68.2 cm³/mol. The van der Waals surface area contributed by atoms with E-state index in [2.05, 4.69) is 9.97 Å². The van der Waals surface area contributed by atoms with Crippen molar-refractivity contribution < 1.29 is 5.11 Å². The van der Waals surface area contributed by atoms with Gasteiger partial charge >= 0.3 is 0 Å². The quantitative estimate of drug-likeness (QED) is 0.597. The summed E-state index contributed by atoms with van der Waals surface area (Å²) in [6.45, 7) is 4.07. The van der Waals surface area contributed by atoms with Crippen LogP contribution in [0.1, 0.15) is 11.1 Å². The molecule has 0 aliphatic heterocycles. The second kappa shape index (κ2) is 3.42. The number of phenols is 1. The van der Waals surface area contributed by atoms with Crippen LogP contribution in [0, 0.1) is 13.8 Å². The van der Waals surface area contributed by atoms with Crippen LogP contribution < -0.4 is 0 Å². The maximum absolute atomic E-state index is 9.79. The van der Waals surface area contributed by atoms with Crippen LogP contribution >= 0.6 is 0 Å². The number of hydrogen-bond donors (Lipinski definition) is 1. The summed E-state index contributed by atoms with van der Waals surface area (Å²) < 4.78 is 0. The summed E-state index contributed by atoms with van der Waals surface area (Å²) in [5.74, 6) is 0.179. The first-order chi connectivity index (χ1) is 8.16. The van der Waals surface area contributed by atoms with E-state index in [1.807, 2.05) is 32.0 Å². The first-order valence-corrected chi connectivity index (χ1v) is 5.52. The topological polar surface area (TPSA) is 46.0 Å². The number of hydrogen-bond acceptors (Lipinski definition) is 3. The highest BCUT2D eigenvalue weighted by Gasteiger charge is 2.07. The van der Waals surface area contributed by atoms with Gasteiger partial charge in [-0.15, -0.1) is 0 Å².